The Balaban J connectivity index is 3.15. The molecule has 0 aliphatic carbocycles. The largest absolute Gasteiger partial charge is 0.368 e. The maximum Gasteiger partial charge on any atom is 0.239 e. The Morgan fingerprint density at radius 3 is 2.79 bits per heavy atom. The Labute approximate surface area is 89.6 Å². The first-order valence-electron chi connectivity index (χ1n) is 3.97. The second-order valence-electron chi connectivity index (χ2n) is 2.79. The fourth-order valence-corrected chi connectivity index (χ4v) is 1.66. The summed E-state index contributed by atoms with van der Waals surface area (Å²) in [6.45, 7) is 0. The van der Waals surface area contributed by atoms with Crippen molar-refractivity contribution in [3.05, 3.63) is 34.1 Å². The topological polar surface area (TPSA) is 55.1 Å². The number of primary amides is 1. The number of halogens is 2. The zero-order valence-corrected chi connectivity index (χ0v) is 9.14. The van der Waals surface area contributed by atoms with Crippen molar-refractivity contribution >= 4 is 21.8 Å². The van der Waals surface area contributed by atoms with Gasteiger partial charge in [0, 0.05) is 4.47 Å². The molecule has 0 saturated heterocycles. The highest BCUT2D eigenvalue weighted by atomic mass is 79.9. The van der Waals surface area contributed by atoms with E-state index < -0.39 is 17.8 Å². The zero-order valence-electron chi connectivity index (χ0n) is 7.55. The van der Waals surface area contributed by atoms with E-state index in [4.69, 9.17) is 5.73 Å². The Morgan fingerprint density at radius 2 is 2.29 bits per heavy atom. The maximum absolute atomic E-state index is 12.9. The predicted octanol–water partition coefficient (Wildman–Crippen LogP) is 1.33. The van der Waals surface area contributed by atoms with Gasteiger partial charge < -0.3 is 11.1 Å². The van der Waals surface area contributed by atoms with Crippen LogP contribution in [-0.2, 0) is 4.79 Å². The second-order valence-corrected chi connectivity index (χ2v) is 3.64. The SMILES string of the molecule is CNC(C(N)=O)c1cc(F)ccc1Br. The van der Waals surface area contributed by atoms with Crippen LogP contribution in [-0.4, -0.2) is 13.0 Å². The van der Waals surface area contributed by atoms with Crippen molar-refractivity contribution in [2.75, 3.05) is 7.05 Å². The number of hydrogen-bond donors (Lipinski definition) is 2. The van der Waals surface area contributed by atoms with Crippen LogP contribution in [0.3, 0.4) is 0 Å². The molecular weight excluding hydrogens is 251 g/mol. The summed E-state index contributed by atoms with van der Waals surface area (Å²) in [4.78, 5) is 11.0. The van der Waals surface area contributed by atoms with E-state index in [1.54, 1.807) is 7.05 Å². The van der Waals surface area contributed by atoms with Gasteiger partial charge in [0.25, 0.3) is 0 Å². The molecule has 0 heterocycles. The van der Waals surface area contributed by atoms with Crippen LogP contribution in [0.2, 0.25) is 0 Å². The van der Waals surface area contributed by atoms with Crippen LogP contribution in [0.15, 0.2) is 22.7 Å². The van der Waals surface area contributed by atoms with Gasteiger partial charge in [0.2, 0.25) is 5.91 Å². The minimum Gasteiger partial charge on any atom is -0.368 e. The van der Waals surface area contributed by atoms with Gasteiger partial charge in [-0.2, -0.15) is 0 Å². The van der Waals surface area contributed by atoms with Crippen molar-refractivity contribution in [2.45, 2.75) is 6.04 Å². The van der Waals surface area contributed by atoms with Gasteiger partial charge in [-0.05, 0) is 30.8 Å². The van der Waals surface area contributed by atoms with Gasteiger partial charge in [-0.25, -0.2) is 4.39 Å². The summed E-state index contributed by atoms with van der Waals surface area (Å²) in [7, 11) is 1.59. The van der Waals surface area contributed by atoms with Gasteiger partial charge >= 0.3 is 0 Å². The number of benzene rings is 1. The number of likely N-dealkylation sites (N-methyl/N-ethyl adjacent to an activating group) is 1. The summed E-state index contributed by atoms with van der Waals surface area (Å²) in [5.74, 6) is -0.941. The minimum atomic E-state index is -0.680. The molecule has 0 aliphatic rings. The number of carbonyl (C=O) groups is 1. The number of hydrogen-bond acceptors (Lipinski definition) is 2. The van der Waals surface area contributed by atoms with Gasteiger partial charge in [0.05, 0.1) is 0 Å². The van der Waals surface area contributed by atoms with E-state index in [-0.39, 0.29) is 0 Å². The van der Waals surface area contributed by atoms with E-state index in [2.05, 4.69) is 21.2 Å². The van der Waals surface area contributed by atoms with Crippen LogP contribution in [0.1, 0.15) is 11.6 Å². The average Bonchev–Trinajstić information content (AvgIpc) is 2.11. The van der Waals surface area contributed by atoms with Crippen molar-refractivity contribution in [1.29, 1.82) is 0 Å². The molecule has 0 spiro atoms. The second kappa shape index (κ2) is 4.52. The summed E-state index contributed by atoms with van der Waals surface area (Å²) in [5, 5.41) is 2.71. The van der Waals surface area contributed by atoms with Crippen molar-refractivity contribution < 1.29 is 9.18 Å². The Hall–Kier alpha value is -0.940. The molecule has 3 N–H and O–H groups in total. The standard InChI is InChI=1S/C9H10BrFN2O/c1-13-8(9(12)14)6-4-5(11)2-3-7(6)10/h2-4,8,13H,1H3,(H2,12,14). The highest BCUT2D eigenvalue weighted by Gasteiger charge is 2.18. The highest BCUT2D eigenvalue weighted by molar-refractivity contribution is 9.10. The van der Waals surface area contributed by atoms with Crippen molar-refractivity contribution in [1.82, 2.24) is 5.32 Å². The molecule has 0 aromatic heterocycles. The van der Waals surface area contributed by atoms with Crippen LogP contribution in [0.5, 0.6) is 0 Å². The van der Waals surface area contributed by atoms with Crippen molar-refractivity contribution in [3.63, 3.8) is 0 Å². The lowest BCUT2D eigenvalue weighted by Crippen LogP contribution is -2.31. The molecule has 1 rings (SSSR count). The van der Waals surface area contributed by atoms with Crippen LogP contribution in [0.25, 0.3) is 0 Å². The van der Waals surface area contributed by atoms with Gasteiger partial charge in [-0.1, -0.05) is 15.9 Å². The molecule has 0 saturated carbocycles. The van der Waals surface area contributed by atoms with Gasteiger partial charge in [0.15, 0.2) is 0 Å². The molecule has 1 aromatic carbocycles. The molecule has 14 heavy (non-hydrogen) atoms. The molecule has 0 aliphatic heterocycles. The van der Waals surface area contributed by atoms with Crippen molar-refractivity contribution in [2.24, 2.45) is 5.73 Å². The van der Waals surface area contributed by atoms with E-state index in [1.165, 1.54) is 18.2 Å². The normalized spacial score (nSPS) is 12.5. The monoisotopic (exact) mass is 260 g/mol. The third-order valence-electron chi connectivity index (χ3n) is 1.84. The van der Waals surface area contributed by atoms with E-state index >= 15 is 0 Å². The lowest BCUT2D eigenvalue weighted by molar-refractivity contribution is -0.120. The first-order chi connectivity index (χ1) is 6.56. The summed E-state index contributed by atoms with van der Waals surface area (Å²) in [5.41, 5.74) is 5.65. The number of nitrogens with two attached hydrogens (primary N) is 1. The highest BCUT2D eigenvalue weighted by Crippen LogP contribution is 2.23. The van der Waals surface area contributed by atoms with Gasteiger partial charge in [0.1, 0.15) is 11.9 Å². The quantitative estimate of drug-likeness (QED) is 0.862. The first kappa shape index (κ1) is 11.1. The molecule has 1 amide bonds. The summed E-state index contributed by atoms with van der Waals surface area (Å²) < 4.78 is 13.6. The van der Waals surface area contributed by atoms with Gasteiger partial charge in [-0.15, -0.1) is 0 Å². The Morgan fingerprint density at radius 1 is 1.64 bits per heavy atom. The van der Waals surface area contributed by atoms with Crippen LogP contribution >= 0.6 is 15.9 Å². The van der Waals surface area contributed by atoms with E-state index in [1.807, 2.05) is 0 Å². The molecule has 0 radical (unpaired) electrons. The molecule has 0 bridgehead atoms. The number of amides is 1. The molecule has 3 nitrogen and oxygen atoms in total. The molecule has 1 aromatic rings. The van der Waals surface area contributed by atoms with E-state index in [0.29, 0.717) is 10.0 Å². The van der Waals surface area contributed by atoms with Crippen LogP contribution in [0, 0.1) is 5.82 Å². The summed E-state index contributed by atoms with van der Waals surface area (Å²) >= 11 is 3.23. The van der Waals surface area contributed by atoms with E-state index in [9.17, 15) is 9.18 Å². The van der Waals surface area contributed by atoms with Crippen LogP contribution in [0.4, 0.5) is 4.39 Å². The predicted molar refractivity (Wildman–Crippen MR) is 55.1 cm³/mol. The van der Waals surface area contributed by atoms with E-state index in [0.717, 1.165) is 0 Å². The lowest BCUT2D eigenvalue weighted by atomic mass is 10.1. The lowest BCUT2D eigenvalue weighted by Gasteiger charge is -2.14. The average molecular weight is 261 g/mol. The third-order valence-corrected chi connectivity index (χ3v) is 2.56. The zero-order chi connectivity index (χ0) is 10.7. The number of nitrogens with one attached hydrogen (secondary N) is 1. The fourth-order valence-electron chi connectivity index (χ4n) is 1.19. The fraction of sp³-hybridized carbons (Fsp3) is 0.222. The molecule has 1 atom stereocenters. The molecular formula is C9H10BrFN2O. The minimum absolute atomic E-state index is 0.398. The Kier molecular flexibility index (Phi) is 3.60. The molecule has 1 unspecified atom stereocenters. The smallest absolute Gasteiger partial charge is 0.239 e. The number of carbonyl (C=O) groups excluding carboxylic acids is 1. The molecule has 0 fully saturated rings. The summed E-state index contributed by atoms with van der Waals surface area (Å²) in [6, 6.07) is 3.44. The molecule has 5 heteroatoms. The van der Waals surface area contributed by atoms with Crippen LogP contribution < -0.4 is 11.1 Å². The summed E-state index contributed by atoms with van der Waals surface area (Å²) in [6.07, 6.45) is 0. The Bertz CT molecular complexity index is 357. The van der Waals surface area contributed by atoms with Crippen molar-refractivity contribution in [3.8, 4) is 0 Å². The molecule has 76 valence electrons. The number of rotatable bonds is 3. The van der Waals surface area contributed by atoms with Gasteiger partial charge in [-0.3, -0.25) is 4.79 Å². The third kappa shape index (κ3) is 2.30. The first-order valence-corrected chi connectivity index (χ1v) is 4.77. The maximum atomic E-state index is 12.9.